The molecule has 2 nitrogen and oxygen atoms in total. The van der Waals surface area contributed by atoms with Crippen molar-refractivity contribution < 1.29 is 0 Å². The Morgan fingerprint density at radius 3 is 1.56 bits per heavy atom. The molecule has 0 aliphatic rings. The minimum Gasteiger partial charge on any atom is -0.192 e. The molecule has 1 aromatic carbocycles. The molecule has 0 amide bonds. The van der Waals surface area contributed by atoms with Crippen LogP contribution >= 0.6 is 68.7 Å². The number of halogens is 2. The second-order valence-electron chi connectivity index (χ2n) is 3.14. The molecule has 0 aromatic heterocycles. The third-order valence-electron chi connectivity index (χ3n) is 1.99. The summed E-state index contributed by atoms with van der Waals surface area (Å²) >= 11 is 8.19. The molecule has 0 spiro atoms. The molecule has 0 bridgehead atoms. The van der Waals surface area contributed by atoms with Gasteiger partial charge in [0.1, 0.15) is 12.1 Å². The van der Waals surface area contributed by atoms with E-state index in [0.29, 0.717) is 11.1 Å². The maximum absolute atomic E-state index is 9.05. The smallest absolute Gasteiger partial charge is 0.101 e. The van der Waals surface area contributed by atoms with Crippen LogP contribution in [0.15, 0.2) is 21.9 Å². The van der Waals surface area contributed by atoms with Gasteiger partial charge in [-0.15, -0.1) is 23.5 Å². The van der Waals surface area contributed by atoms with E-state index in [2.05, 4.69) is 57.3 Å². The number of alkyl halides is 2. The zero-order chi connectivity index (χ0) is 13.4. The molecule has 0 saturated carbocycles. The number of nitrogens with zero attached hydrogens (tertiary/aromatic N) is 2. The lowest BCUT2D eigenvalue weighted by molar-refractivity contribution is 1.21. The van der Waals surface area contributed by atoms with Crippen LogP contribution in [0.2, 0.25) is 0 Å². The van der Waals surface area contributed by atoms with Crippen molar-refractivity contribution in [2.75, 3.05) is 20.4 Å². The van der Waals surface area contributed by atoms with Crippen molar-refractivity contribution in [2.24, 2.45) is 0 Å². The highest BCUT2D eigenvalue weighted by Crippen LogP contribution is 2.33. The molecule has 0 saturated heterocycles. The van der Waals surface area contributed by atoms with Gasteiger partial charge in [0.05, 0.1) is 11.1 Å². The van der Waals surface area contributed by atoms with Gasteiger partial charge < -0.3 is 0 Å². The molecule has 0 fully saturated rings. The average molecular weight is 500 g/mol. The number of benzene rings is 1. The molecule has 18 heavy (non-hydrogen) atoms. The minimum absolute atomic E-state index is 0.479. The maximum Gasteiger partial charge on any atom is 0.101 e. The Morgan fingerprint density at radius 1 is 0.889 bits per heavy atom. The molecule has 0 heterocycles. The lowest BCUT2D eigenvalue weighted by Gasteiger charge is -2.09. The summed E-state index contributed by atoms with van der Waals surface area (Å²) in [6.07, 6.45) is 0. The number of nitriles is 2. The first-order valence-corrected chi connectivity index (χ1v) is 10.1. The maximum atomic E-state index is 9.05. The summed E-state index contributed by atoms with van der Waals surface area (Å²) in [5.41, 5.74) is 0.958. The normalized spacial score (nSPS) is 9.78. The number of hydrogen-bond donors (Lipinski definition) is 0. The molecule has 0 aliphatic carbocycles. The summed E-state index contributed by atoms with van der Waals surface area (Å²) in [6, 6.07) is 7.90. The highest BCUT2D eigenvalue weighted by molar-refractivity contribution is 14.1. The Bertz CT molecular complexity index is 447. The lowest BCUT2D eigenvalue weighted by atomic mass is 10.1. The predicted octanol–water partition coefficient (Wildman–Crippen LogP) is 4.48. The molecule has 1 rings (SSSR count). The fourth-order valence-corrected chi connectivity index (χ4v) is 4.34. The predicted molar refractivity (Wildman–Crippen MR) is 95.1 cm³/mol. The molecule has 0 unspecified atom stereocenters. The summed E-state index contributed by atoms with van der Waals surface area (Å²) in [5, 5.41) is 18.1. The molecule has 0 aliphatic heterocycles. The van der Waals surface area contributed by atoms with Gasteiger partial charge in [-0.3, -0.25) is 0 Å². The molecule has 1 aromatic rings. The fraction of sp³-hybridized carbons (Fsp3) is 0.333. The SMILES string of the molecule is N#Cc1cc(SCCI)c(SCCI)cc1C#N. The van der Waals surface area contributed by atoms with Crippen LogP contribution in [0.1, 0.15) is 11.1 Å². The summed E-state index contributed by atoms with van der Waals surface area (Å²) in [4.78, 5) is 2.24. The van der Waals surface area contributed by atoms with Crippen LogP contribution in [0, 0.1) is 22.7 Å². The van der Waals surface area contributed by atoms with E-state index in [-0.39, 0.29) is 0 Å². The molecular formula is C12H10I2N2S2. The van der Waals surface area contributed by atoms with E-state index in [1.807, 2.05) is 12.1 Å². The Kier molecular flexibility index (Phi) is 8.47. The van der Waals surface area contributed by atoms with Crippen molar-refractivity contribution in [3.05, 3.63) is 23.3 Å². The highest BCUT2D eigenvalue weighted by atomic mass is 127. The third-order valence-corrected chi connectivity index (χ3v) is 6.78. The molecular weight excluding hydrogens is 490 g/mol. The monoisotopic (exact) mass is 500 g/mol. The van der Waals surface area contributed by atoms with Crippen LogP contribution in [-0.2, 0) is 0 Å². The molecule has 94 valence electrons. The topological polar surface area (TPSA) is 47.6 Å². The van der Waals surface area contributed by atoms with E-state index < -0.39 is 0 Å². The first-order valence-electron chi connectivity index (χ1n) is 5.12. The van der Waals surface area contributed by atoms with Crippen molar-refractivity contribution in [3.8, 4) is 12.1 Å². The van der Waals surface area contributed by atoms with E-state index in [0.717, 1.165) is 30.2 Å². The Labute approximate surface area is 143 Å². The van der Waals surface area contributed by atoms with Gasteiger partial charge >= 0.3 is 0 Å². The lowest BCUT2D eigenvalue weighted by Crippen LogP contribution is -1.91. The zero-order valence-electron chi connectivity index (χ0n) is 9.45. The van der Waals surface area contributed by atoms with Crippen LogP contribution in [0.3, 0.4) is 0 Å². The Hall–Kier alpha value is 0.360. The first-order chi connectivity index (χ1) is 8.76. The van der Waals surface area contributed by atoms with Crippen molar-refractivity contribution in [1.29, 1.82) is 10.5 Å². The van der Waals surface area contributed by atoms with Gasteiger partial charge in [0.2, 0.25) is 0 Å². The third kappa shape index (κ3) is 4.80. The second-order valence-corrected chi connectivity index (χ2v) is 7.57. The van der Waals surface area contributed by atoms with Gasteiger partial charge in [0.25, 0.3) is 0 Å². The molecule has 0 atom stereocenters. The summed E-state index contributed by atoms with van der Waals surface area (Å²) < 4.78 is 2.14. The Balaban J connectivity index is 3.11. The van der Waals surface area contributed by atoms with Crippen molar-refractivity contribution in [1.82, 2.24) is 0 Å². The van der Waals surface area contributed by atoms with Crippen LogP contribution in [0.5, 0.6) is 0 Å². The van der Waals surface area contributed by atoms with Gasteiger partial charge in [-0.1, -0.05) is 45.2 Å². The van der Waals surface area contributed by atoms with Crippen LogP contribution in [-0.4, -0.2) is 20.4 Å². The van der Waals surface area contributed by atoms with E-state index >= 15 is 0 Å². The second kappa shape index (κ2) is 9.29. The largest absolute Gasteiger partial charge is 0.192 e. The van der Waals surface area contributed by atoms with Crippen molar-refractivity contribution in [3.63, 3.8) is 0 Å². The Morgan fingerprint density at radius 2 is 1.28 bits per heavy atom. The minimum atomic E-state index is 0.479. The highest BCUT2D eigenvalue weighted by Gasteiger charge is 2.10. The average Bonchev–Trinajstić information content (AvgIpc) is 2.42. The van der Waals surface area contributed by atoms with Crippen molar-refractivity contribution in [2.45, 2.75) is 9.79 Å². The quantitative estimate of drug-likeness (QED) is 0.329. The molecule has 6 heteroatoms. The van der Waals surface area contributed by atoms with Gasteiger partial charge in [-0.2, -0.15) is 10.5 Å². The van der Waals surface area contributed by atoms with E-state index in [4.69, 9.17) is 10.5 Å². The number of hydrogen-bond acceptors (Lipinski definition) is 4. The van der Waals surface area contributed by atoms with Crippen molar-refractivity contribution >= 4 is 68.7 Å². The molecule has 0 N–H and O–H groups in total. The van der Waals surface area contributed by atoms with E-state index in [1.165, 1.54) is 0 Å². The van der Waals surface area contributed by atoms with Crippen LogP contribution < -0.4 is 0 Å². The van der Waals surface area contributed by atoms with Gasteiger partial charge in [0, 0.05) is 30.2 Å². The number of rotatable bonds is 6. The fourth-order valence-electron chi connectivity index (χ4n) is 1.27. The van der Waals surface area contributed by atoms with Crippen LogP contribution in [0.4, 0.5) is 0 Å². The zero-order valence-corrected chi connectivity index (χ0v) is 15.4. The van der Waals surface area contributed by atoms with Crippen LogP contribution in [0.25, 0.3) is 0 Å². The standard InChI is InChI=1S/C12H10I2N2S2/c13-1-3-17-11-5-9(7-15)10(8-16)6-12(11)18-4-2-14/h5-6H,1-4H2. The summed E-state index contributed by atoms with van der Waals surface area (Å²) in [6.45, 7) is 0. The van der Waals surface area contributed by atoms with E-state index in [9.17, 15) is 0 Å². The molecule has 0 radical (unpaired) electrons. The summed E-state index contributed by atoms with van der Waals surface area (Å²) in [5.74, 6) is 2.05. The van der Waals surface area contributed by atoms with Gasteiger partial charge in [-0.05, 0) is 12.1 Å². The first kappa shape index (κ1) is 16.4. The number of thioether (sulfide) groups is 2. The van der Waals surface area contributed by atoms with Gasteiger partial charge in [0.15, 0.2) is 0 Å². The van der Waals surface area contributed by atoms with E-state index in [1.54, 1.807) is 23.5 Å². The summed E-state index contributed by atoms with van der Waals surface area (Å²) in [7, 11) is 0. The van der Waals surface area contributed by atoms with Gasteiger partial charge in [-0.25, -0.2) is 0 Å².